The Kier molecular flexibility index (Phi) is 5.63. The molecule has 0 aromatic heterocycles. The maximum Gasteiger partial charge on any atom is 0.338 e. The maximum absolute atomic E-state index is 12.2. The third-order valence-corrected chi connectivity index (χ3v) is 5.71. The van der Waals surface area contributed by atoms with E-state index in [1.54, 1.807) is 18.2 Å². The summed E-state index contributed by atoms with van der Waals surface area (Å²) in [6.07, 6.45) is 4.41. The molecule has 3 rings (SSSR count). The van der Waals surface area contributed by atoms with E-state index in [2.05, 4.69) is 17.6 Å². The summed E-state index contributed by atoms with van der Waals surface area (Å²) in [4.78, 5) is 36.5. The average molecular weight is 362 g/mol. The first-order chi connectivity index (χ1) is 12.0. The number of rotatable bonds is 4. The molecule has 2 aliphatic rings. The number of esters is 1. The smallest absolute Gasteiger partial charge is 0.338 e. The predicted octanol–water partition coefficient (Wildman–Crippen LogP) is 2.58. The molecule has 1 aromatic rings. The van der Waals surface area contributed by atoms with Crippen LogP contribution in [0.2, 0.25) is 0 Å². The number of amides is 2. The summed E-state index contributed by atoms with van der Waals surface area (Å²) in [7, 11) is 0. The number of hydrogen-bond acceptors (Lipinski definition) is 5. The second kappa shape index (κ2) is 7.91. The van der Waals surface area contributed by atoms with Crippen LogP contribution >= 0.6 is 11.8 Å². The number of carbonyl (C=O) groups excluding carboxylic acids is 3. The van der Waals surface area contributed by atoms with Gasteiger partial charge in [-0.25, -0.2) is 4.79 Å². The topological polar surface area (TPSA) is 84.5 Å². The number of benzene rings is 1. The fourth-order valence-corrected chi connectivity index (χ4v) is 3.99. The van der Waals surface area contributed by atoms with Crippen LogP contribution in [0.15, 0.2) is 23.1 Å². The molecule has 1 aromatic carbocycles. The van der Waals surface area contributed by atoms with Gasteiger partial charge < -0.3 is 15.4 Å². The number of anilines is 1. The molecular formula is C18H22N2O4S. The molecule has 1 heterocycles. The van der Waals surface area contributed by atoms with E-state index in [1.165, 1.54) is 18.2 Å². The SMILES string of the molecule is C[C@H]1CCCC[C@H]1NC(=O)COC(=O)c1ccc2c(c1)NC(=O)CS2. The molecular weight excluding hydrogens is 340 g/mol. The van der Waals surface area contributed by atoms with Gasteiger partial charge in [0.15, 0.2) is 6.61 Å². The first kappa shape index (κ1) is 17.8. The van der Waals surface area contributed by atoms with Crippen molar-refractivity contribution in [3.8, 4) is 0 Å². The quantitative estimate of drug-likeness (QED) is 0.804. The van der Waals surface area contributed by atoms with E-state index < -0.39 is 5.97 Å². The van der Waals surface area contributed by atoms with Crippen molar-refractivity contribution in [3.63, 3.8) is 0 Å². The largest absolute Gasteiger partial charge is 0.452 e. The molecule has 134 valence electrons. The van der Waals surface area contributed by atoms with Gasteiger partial charge in [-0.2, -0.15) is 0 Å². The molecule has 0 saturated heterocycles. The lowest BCUT2D eigenvalue weighted by Gasteiger charge is -2.29. The molecule has 6 nitrogen and oxygen atoms in total. The Bertz CT molecular complexity index is 692. The van der Waals surface area contributed by atoms with Gasteiger partial charge >= 0.3 is 5.97 Å². The van der Waals surface area contributed by atoms with E-state index in [4.69, 9.17) is 4.74 Å². The Hall–Kier alpha value is -2.02. The minimum absolute atomic E-state index is 0.0935. The van der Waals surface area contributed by atoms with Crippen LogP contribution in [0, 0.1) is 5.92 Å². The van der Waals surface area contributed by atoms with E-state index in [1.807, 2.05) is 0 Å². The zero-order valence-corrected chi connectivity index (χ0v) is 15.0. The summed E-state index contributed by atoms with van der Waals surface area (Å²) in [5, 5.41) is 5.69. The van der Waals surface area contributed by atoms with Crippen molar-refractivity contribution in [1.29, 1.82) is 0 Å². The van der Waals surface area contributed by atoms with Gasteiger partial charge in [-0.05, 0) is 37.0 Å². The highest BCUT2D eigenvalue weighted by molar-refractivity contribution is 8.00. The van der Waals surface area contributed by atoms with Crippen LogP contribution < -0.4 is 10.6 Å². The first-order valence-electron chi connectivity index (χ1n) is 8.56. The molecule has 0 unspecified atom stereocenters. The Morgan fingerprint density at radius 3 is 2.92 bits per heavy atom. The van der Waals surface area contributed by atoms with Crippen LogP contribution in [0.3, 0.4) is 0 Å². The van der Waals surface area contributed by atoms with Crippen LogP contribution in [0.25, 0.3) is 0 Å². The second-order valence-corrected chi connectivity index (χ2v) is 7.58. The van der Waals surface area contributed by atoms with Crippen LogP contribution in [-0.4, -0.2) is 36.2 Å². The molecule has 0 radical (unpaired) electrons. The van der Waals surface area contributed by atoms with Crippen molar-refractivity contribution in [3.05, 3.63) is 23.8 Å². The molecule has 2 N–H and O–H groups in total. The lowest BCUT2D eigenvalue weighted by molar-refractivity contribution is -0.125. The van der Waals surface area contributed by atoms with Crippen molar-refractivity contribution in [1.82, 2.24) is 5.32 Å². The Morgan fingerprint density at radius 1 is 1.32 bits per heavy atom. The van der Waals surface area contributed by atoms with Gasteiger partial charge in [-0.3, -0.25) is 9.59 Å². The van der Waals surface area contributed by atoms with Crippen molar-refractivity contribution in [2.24, 2.45) is 5.92 Å². The Morgan fingerprint density at radius 2 is 2.12 bits per heavy atom. The van der Waals surface area contributed by atoms with E-state index >= 15 is 0 Å². The van der Waals surface area contributed by atoms with Crippen molar-refractivity contribution in [2.45, 2.75) is 43.5 Å². The van der Waals surface area contributed by atoms with Crippen LogP contribution in [0.5, 0.6) is 0 Å². The van der Waals surface area contributed by atoms with Crippen molar-refractivity contribution < 1.29 is 19.1 Å². The van der Waals surface area contributed by atoms with Crippen LogP contribution in [0.4, 0.5) is 5.69 Å². The highest BCUT2D eigenvalue weighted by Gasteiger charge is 2.23. The minimum atomic E-state index is -0.570. The Labute approximate surface area is 151 Å². The summed E-state index contributed by atoms with van der Waals surface area (Å²) < 4.78 is 5.11. The van der Waals surface area contributed by atoms with Gasteiger partial charge in [0, 0.05) is 10.9 Å². The minimum Gasteiger partial charge on any atom is -0.452 e. The summed E-state index contributed by atoms with van der Waals surface area (Å²) >= 11 is 1.43. The molecule has 7 heteroatoms. The van der Waals surface area contributed by atoms with Gasteiger partial charge in [0.25, 0.3) is 5.91 Å². The standard InChI is InChI=1S/C18H22N2O4S/c1-11-4-2-3-5-13(11)19-16(21)9-24-18(23)12-6-7-15-14(8-12)20-17(22)10-25-15/h6-8,11,13H,2-5,9-10H2,1H3,(H,19,21)(H,20,22)/t11-,13+/m0/s1. The first-order valence-corrected chi connectivity index (χ1v) is 9.54. The van der Waals surface area contributed by atoms with Gasteiger partial charge in [-0.1, -0.05) is 19.8 Å². The molecule has 2 atom stereocenters. The molecule has 1 fully saturated rings. The van der Waals surface area contributed by atoms with Gasteiger partial charge in [0.05, 0.1) is 17.0 Å². The zero-order chi connectivity index (χ0) is 17.8. The zero-order valence-electron chi connectivity index (χ0n) is 14.2. The van der Waals surface area contributed by atoms with Crippen molar-refractivity contribution in [2.75, 3.05) is 17.7 Å². The molecule has 0 spiro atoms. The molecule has 0 bridgehead atoms. The van der Waals surface area contributed by atoms with Crippen LogP contribution in [-0.2, 0) is 14.3 Å². The maximum atomic E-state index is 12.2. The summed E-state index contributed by atoms with van der Waals surface area (Å²) in [5.41, 5.74) is 0.927. The van der Waals surface area contributed by atoms with E-state index in [0.717, 1.165) is 24.2 Å². The van der Waals surface area contributed by atoms with Gasteiger partial charge in [0.2, 0.25) is 5.91 Å². The number of carbonyl (C=O) groups is 3. The highest BCUT2D eigenvalue weighted by atomic mass is 32.2. The summed E-state index contributed by atoms with van der Waals surface area (Å²) in [6, 6.07) is 5.17. The molecule has 1 saturated carbocycles. The summed E-state index contributed by atoms with van der Waals surface area (Å²) in [5.74, 6) is -0.108. The van der Waals surface area contributed by atoms with Crippen LogP contribution in [0.1, 0.15) is 43.0 Å². The number of thioether (sulfide) groups is 1. The number of nitrogens with one attached hydrogen (secondary N) is 2. The average Bonchev–Trinajstić information content (AvgIpc) is 2.61. The fourth-order valence-electron chi connectivity index (χ4n) is 3.20. The predicted molar refractivity (Wildman–Crippen MR) is 95.6 cm³/mol. The second-order valence-electron chi connectivity index (χ2n) is 6.56. The summed E-state index contributed by atoms with van der Waals surface area (Å²) in [6.45, 7) is 1.84. The number of ether oxygens (including phenoxy) is 1. The van der Waals surface area contributed by atoms with E-state index in [-0.39, 0.29) is 24.5 Å². The molecule has 1 aliphatic carbocycles. The van der Waals surface area contributed by atoms with Crippen molar-refractivity contribution >= 4 is 35.2 Å². The Balaban J connectivity index is 1.53. The van der Waals surface area contributed by atoms with Gasteiger partial charge in [-0.15, -0.1) is 11.8 Å². The lowest BCUT2D eigenvalue weighted by atomic mass is 9.86. The lowest BCUT2D eigenvalue weighted by Crippen LogP contribution is -2.42. The fraction of sp³-hybridized carbons (Fsp3) is 0.500. The number of fused-ring (bicyclic) bond motifs is 1. The van der Waals surface area contributed by atoms with Gasteiger partial charge in [0.1, 0.15) is 0 Å². The molecule has 25 heavy (non-hydrogen) atoms. The normalized spacial score (nSPS) is 22.5. The third kappa shape index (κ3) is 4.54. The monoisotopic (exact) mass is 362 g/mol. The van der Waals surface area contributed by atoms with E-state index in [9.17, 15) is 14.4 Å². The number of hydrogen-bond donors (Lipinski definition) is 2. The third-order valence-electron chi connectivity index (χ3n) is 4.64. The molecule has 2 amide bonds. The van der Waals surface area contributed by atoms with E-state index in [0.29, 0.717) is 22.9 Å². The highest BCUT2D eigenvalue weighted by Crippen LogP contribution is 2.32. The molecule has 1 aliphatic heterocycles.